The minimum Gasteiger partial charge on any atom is -0.448 e. The molecule has 0 aliphatic carbocycles. The van der Waals surface area contributed by atoms with E-state index in [1.165, 1.54) is 0 Å². The molecule has 1 fully saturated rings. The fraction of sp³-hybridized carbons (Fsp3) is 0.786. The lowest BCUT2D eigenvalue weighted by molar-refractivity contribution is 0.0547. The molecule has 0 bridgehead atoms. The molecule has 1 aromatic rings. The van der Waals surface area contributed by atoms with E-state index in [1.54, 1.807) is 6.39 Å². The molecule has 4 atom stereocenters. The number of nitrogens with one attached hydrogen (secondary N) is 1. The average Bonchev–Trinajstić information content (AvgIpc) is 2.86. The molecule has 1 aliphatic heterocycles. The summed E-state index contributed by atoms with van der Waals surface area (Å²) in [4.78, 5) is 4.34. The third kappa shape index (κ3) is 2.59. The van der Waals surface area contributed by atoms with Gasteiger partial charge in [0.1, 0.15) is 5.76 Å². The van der Waals surface area contributed by atoms with Gasteiger partial charge in [-0.25, -0.2) is 4.98 Å². The van der Waals surface area contributed by atoms with Gasteiger partial charge in [-0.2, -0.15) is 0 Å². The molecular weight excluding hydrogens is 228 g/mol. The second kappa shape index (κ2) is 5.85. The van der Waals surface area contributed by atoms with Gasteiger partial charge in [-0.15, -0.1) is 0 Å². The Kier molecular flexibility index (Phi) is 4.40. The van der Waals surface area contributed by atoms with Crippen LogP contribution < -0.4 is 5.32 Å². The zero-order chi connectivity index (χ0) is 13.1. The van der Waals surface area contributed by atoms with Crippen molar-refractivity contribution in [2.45, 2.75) is 58.8 Å². The zero-order valence-electron chi connectivity index (χ0n) is 11.8. The van der Waals surface area contributed by atoms with Crippen molar-refractivity contribution < 1.29 is 9.15 Å². The quantitative estimate of drug-likeness (QED) is 0.818. The lowest BCUT2D eigenvalue weighted by Crippen LogP contribution is -2.20. The van der Waals surface area contributed by atoms with Crippen molar-refractivity contribution in [2.24, 2.45) is 5.92 Å². The summed E-state index contributed by atoms with van der Waals surface area (Å²) >= 11 is 0. The Morgan fingerprint density at radius 1 is 1.28 bits per heavy atom. The number of ether oxygens (including phenoxy) is 1. The van der Waals surface area contributed by atoms with Crippen molar-refractivity contribution in [3.8, 4) is 0 Å². The number of hydrogen-bond donors (Lipinski definition) is 1. The maximum Gasteiger partial charge on any atom is 0.181 e. The monoisotopic (exact) mass is 252 g/mol. The Balaban J connectivity index is 2.10. The highest BCUT2D eigenvalue weighted by Crippen LogP contribution is 2.40. The summed E-state index contributed by atoms with van der Waals surface area (Å²) in [7, 11) is 0. The lowest BCUT2D eigenvalue weighted by atomic mass is 9.86. The molecular formula is C14H24N2O2. The Labute approximate surface area is 109 Å². The SMILES string of the molecule is CCCNCc1ncoc1C1C(C)OC(C)C1C. The molecule has 1 N–H and O–H groups in total. The van der Waals surface area contributed by atoms with Crippen molar-refractivity contribution in [1.82, 2.24) is 10.3 Å². The van der Waals surface area contributed by atoms with E-state index < -0.39 is 0 Å². The van der Waals surface area contributed by atoms with Crippen LogP contribution in [0.15, 0.2) is 10.8 Å². The van der Waals surface area contributed by atoms with Gasteiger partial charge >= 0.3 is 0 Å². The van der Waals surface area contributed by atoms with Crippen LogP contribution in [0.5, 0.6) is 0 Å². The van der Waals surface area contributed by atoms with Gasteiger partial charge in [0.2, 0.25) is 0 Å². The van der Waals surface area contributed by atoms with Gasteiger partial charge in [0, 0.05) is 6.54 Å². The summed E-state index contributed by atoms with van der Waals surface area (Å²) in [5.74, 6) is 1.79. The van der Waals surface area contributed by atoms with Gasteiger partial charge < -0.3 is 14.5 Å². The summed E-state index contributed by atoms with van der Waals surface area (Å²) < 4.78 is 11.5. The average molecular weight is 252 g/mol. The molecule has 0 aromatic carbocycles. The van der Waals surface area contributed by atoms with Gasteiger partial charge in [-0.05, 0) is 32.7 Å². The minimum absolute atomic E-state index is 0.202. The summed E-state index contributed by atoms with van der Waals surface area (Å²) in [6.45, 7) is 10.4. The first-order valence-electron chi connectivity index (χ1n) is 6.93. The summed E-state index contributed by atoms with van der Waals surface area (Å²) in [6.07, 6.45) is 3.17. The Bertz CT molecular complexity index is 378. The van der Waals surface area contributed by atoms with E-state index in [9.17, 15) is 0 Å². The smallest absolute Gasteiger partial charge is 0.181 e. The van der Waals surface area contributed by atoms with Crippen LogP contribution in [0.3, 0.4) is 0 Å². The topological polar surface area (TPSA) is 47.3 Å². The molecule has 0 radical (unpaired) electrons. The van der Waals surface area contributed by atoms with Crippen LogP contribution in [-0.2, 0) is 11.3 Å². The Hall–Kier alpha value is -0.870. The van der Waals surface area contributed by atoms with E-state index in [0.29, 0.717) is 11.8 Å². The maximum absolute atomic E-state index is 5.88. The first-order chi connectivity index (χ1) is 8.65. The standard InChI is InChI=1S/C14H24N2O2/c1-5-6-15-7-12-14(17-8-16-12)13-9(2)10(3)18-11(13)4/h8-11,13,15H,5-7H2,1-4H3. The van der Waals surface area contributed by atoms with Gasteiger partial charge in [-0.3, -0.25) is 0 Å². The molecule has 0 amide bonds. The molecule has 0 spiro atoms. The molecule has 1 aliphatic rings. The number of oxazole rings is 1. The van der Waals surface area contributed by atoms with Crippen LogP contribution in [0.1, 0.15) is 51.5 Å². The molecule has 18 heavy (non-hydrogen) atoms. The fourth-order valence-electron chi connectivity index (χ4n) is 2.78. The van der Waals surface area contributed by atoms with Crippen LogP contribution >= 0.6 is 0 Å². The third-order valence-electron chi connectivity index (χ3n) is 3.94. The largest absolute Gasteiger partial charge is 0.448 e. The molecule has 2 rings (SSSR count). The van der Waals surface area contributed by atoms with Crippen LogP contribution in [0.25, 0.3) is 0 Å². The highest BCUT2D eigenvalue weighted by molar-refractivity contribution is 5.17. The molecule has 1 saturated heterocycles. The van der Waals surface area contributed by atoms with Crippen LogP contribution in [-0.4, -0.2) is 23.7 Å². The van der Waals surface area contributed by atoms with E-state index in [1.807, 2.05) is 0 Å². The van der Waals surface area contributed by atoms with Gasteiger partial charge in [0.15, 0.2) is 6.39 Å². The highest BCUT2D eigenvalue weighted by atomic mass is 16.5. The van der Waals surface area contributed by atoms with Crippen LogP contribution in [0, 0.1) is 5.92 Å². The molecule has 102 valence electrons. The minimum atomic E-state index is 0.202. The zero-order valence-corrected chi connectivity index (χ0v) is 11.8. The second-order valence-corrected chi connectivity index (χ2v) is 5.27. The molecule has 4 heteroatoms. The first-order valence-corrected chi connectivity index (χ1v) is 6.93. The fourth-order valence-corrected chi connectivity index (χ4v) is 2.78. The van der Waals surface area contributed by atoms with Gasteiger partial charge in [0.05, 0.1) is 23.8 Å². The van der Waals surface area contributed by atoms with E-state index in [4.69, 9.17) is 9.15 Å². The third-order valence-corrected chi connectivity index (χ3v) is 3.94. The Morgan fingerprint density at radius 2 is 2.06 bits per heavy atom. The highest BCUT2D eigenvalue weighted by Gasteiger charge is 2.41. The number of hydrogen-bond acceptors (Lipinski definition) is 4. The van der Waals surface area contributed by atoms with Crippen LogP contribution in [0.2, 0.25) is 0 Å². The first kappa shape index (κ1) is 13.6. The normalized spacial score (nSPS) is 32.0. The number of nitrogens with zero attached hydrogens (tertiary/aromatic N) is 1. The Morgan fingerprint density at radius 3 is 2.67 bits per heavy atom. The van der Waals surface area contributed by atoms with Crippen molar-refractivity contribution in [2.75, 3.05) is 6.54 Å². The predicted molar refractivity (Wildman–Crippen MR) is 70.4 cm³/mol. The van der Waals surface area contributed by atoms with Crippen molar-refractivity contribution >= 4 is 0 Å². The molecule has 4 nitrogen and oxygen atoms in total. The van der Waals surface area contributed by atoms with E-state index >= 15 is 0 Å². The van der Waals surface area contributed by atoms with Crippen molar-refractivity contribution in [3.63, 3.8) is 0 Å². The molecule has 1 aromatic heterocycles. The molecule has 0 saturated carbocycles. The van der Waals surface area contributed by atoms with E-state index in [-0.39, 0.29) is 12.2 Å². The lowest BCUT2D eigenvalue weighted by Gasteiger charge is -2.17. The van der Waals surface area contributed by atoms with E-state index in [2.05, 4.69) is 38.0 Å². The predicted octanol–water partition coefficient (Wildman–Crippen LogP) is 2.70. The number of aromatic nitrogens is 1. The van der Waals surface area contributed by atoms with Gasteiger partial charge in [-0.1, -0.05) is 13.8 Å². The number of rotatable bonds is 5. The summed E-state index contributed by atoms with van der Waals surface area (Å²) in [5.41, 5.74) is 1.03. The summed E-state index contributed by atoms with van der Waals surface area (Å²) in [6, 6.07) is 0. The maximum atomic E-state index is 5.88. The van der Waals surface area contributed by atoms with Crippen molar-refractivity contribution in [3.05, 3.63) is 17.8 Å². The second-order valence-electron chi connectivity index (χ2n) is 5.27. The molecule has 2 heterocycles. The van der Waals surface area contributed by atoms with Gasteiger partial charge in [0.25, 0.3) is 0 Å². The van der Waals surface area contributed by atoms with E-state index in [0.717, 1.165) is 31.0 Å². The molecule has 4 unspecified atom stereocenters. The van der Waals surface area contributed by atoms with Crippen LogP contribution in [0.4, 0.5) is 0 Å². The van der Waals surface area contributed by atoms with Crippen molar-refractivity contribution in [1.29, 1.82) is 0 Å². The summed E-state index contributed by atoms with van der Waals surface area (Å²) in [5, 5.41) is 3.38.